The number of anilines is 1. The molecule has 1 unspecified atom stereocenters. The second-order valence-electron chi connectivity index (χ2n) is 5.78. The van der Waals surface area contributed by atoms with E-state index in [2.05, 4.69) is 26.6 Å². The fraction of sp³-hybridized carbons (Fsp3) is 0.467. The summed E-state index contributed by atoms with van der Waals surface area (Å²) in [6, 6.07) is 7.03. The Morgan fingerprint density at radius 2 is 1.90 bits per heavy atom. The molecule has 0 heterocycles. The summed E-state index contributed by atoms with van der Waals surface area (Å²) in [5.41, 5.74) is 0.146. The highest BCUT2D eigenvalue weighted by molar-refractivity contribution is 9.10. The van der Waals surface area contributed by atoms with Gasteiger partial charge >= 0.3 is 6.09 Å². The van der Waals surface area contributed by atoms with Gasteiger partial charge in [-0.2, -0.15) is 0 Å². The lowest BCUT2D eigenvalue weighted by Crippen LogP contribution is -2.39. The van der Waals surface area contributed by atoms with Gasteiger partial charge in [0.1, 0.15) is 5.60 Å². The van der Waals surface area contributed by atoms with Crippen LogP contribution >= 0.6 is 15.9 Å². The molecule has 1 aromatic carbocycles. The standard InChI is InChI=1S/C15H21BrN2O3/c1-10(17-14(20)21-15(2,3)4)9-13(19)18-12-8-6-5-7-11(12)16/h5-8,10H,9H2,1-4H3,(H,17,20)(H,18,19). The SMILES string of the molecule is CC(CC(=O)Nc1ccccc1Br)NC(=O)OC(C)(C)C. The largest absolute Gasteiger partial charge is 0.444 e. The highest BCUT2D eigenvalue weighted by Gasteiger charge is 2.19. The predicted octanol–water partition coefficient (Wildman–Crippen LogP) is 3.69. The van der Waals surface area contributed by atoms with Gasteiger partial charge in [0.25, 0.3) is 0 Å². The number of halogens is 1. The van der Waals surface area contributed by atoms with E-state index in [4.69, 9.17) is 4.74 Å². The Hall–Kier alpha value is -1.56. The minimum atomic E-state index is -0.555. The van der Waals surface area contributed by atoms with E-state index < -0.39 is 11.7 Å². The predicted molar refractivity (Wildman–Crippen MR) is 86.2 cm³/mol. The average Bonchev–Trinajstić information content (AvgIpc) is 2.28. The lowest BCUT2D eigenvalue weighted by molar-refractivity contribution is -0.116. The number of para-hydroxylation sites is 1. The smallest absolute Gasteiger partial charge is 0.407 e. The summed E-state index contributed by atoms with van der Waals surface area (Å²) in [5, 5.41) is 5.42. The van der Waals surface area contributed by atoms with Crippen LogP contribution in [0, 0.1) is 0 Å². The van der Waals surface area contributed by atoms with E-state index in [1.54, 1.807) is 33.8 Å². The molecule has 21 heavy (non-hydrogen) atoms. The molecule has 0 aromatic heterocycles. The molecule has 0 bridgehead atoms. The Labute approximate surface area is 133 Å². The molecule has 2 amide bonds. The lowest BCUT2D eigenvalue weighted by atomic mass is 10.2. The van der Waals surface area contributed by atoms with Crippen molar-refractivity contribution in [3.63, 3.8) is 0 Å². The number of ether oxygens (including phenoxy) is 1. The zero-order valence-electron chi connectivity index (χ0n) is 12.7. The molecule has 116 valence electrons. The van der Waals surface area contributed by atoms with Crippen molar-refractivity contribution in [1.29, 1.82) is 0 Å². The second-order valence-corrected chi connectivity index (χ2v) is 6.63. The Bertz CT molecular complexity index is 512. The van der Waals surface area contributed by atoms with Gasteiger partial charge in [-0.1, -0.05) is 12.1 Å². The van der Waals surface area contributed by atoms with Gasteiger partial charge in [0.2, 0.25) is 5.91 Å². The topological polar surface area (TPSA) is 67.4 Å². The number of hydrogen-bond donors (Lipinski definition) is 2. The van der Waals surface area contributed by atoms with Gasteiger partial charge in [-0.25, -0.2) is 4.79 Å². The van der Waals surface area contributed by atoms with E-state index >= 15 is 0 Å². The third kappa shape index (κ3) is 7.13. The molecule has 2 N–H and O–H groups in total. The van der Waals surface area contributed by atoms with Crippen LogP contribution in [0.2, 0.25) is 0 Å². The number of alkyl carbamates (subject to hydrolysis) is 1. The van der Waals surface area contributed by atoms with Crippen LogP contribution in [0.15, 0.2) is 28.7 Å². The zero-order chi connectivity index (χ0) is 16.0. The summed E-state index contributed by atoms with van der Waals surface area (Å²) in [6.45, 7) is 7.12. The monoisotopic (exact) mass is 356 g/mol. The fourth-order valence-electron chi connectivity index (χ4n) is 1.60. The van der Waals surface area contributed by atoms with Crippen molar-refractivity contribution < 1.29 is 14.3 Å². The van der Waals surface area contributed by atoms with Crippen LogP contribution in [0.4, 0.5) is 10.5 Å². The number of rotatable bonds is 4. The Morgan fingerprint density at radius 3 is 2.48 bits per heavy atom. The maximum absolute atomic E-state index is 11.9. The minimum Gasteiger partial charge on any atom is -0.444 e. The third-order valence-corrected chi connectivity index (χ3v) is 3.09. The first kappa shape index (κ1) is 17.5. The van der Waals surface area contributed by atoms with Crippen LogP contribution in [0.5, 0.6) is 0 Å². The van der Waals surface area contributed by atoms with Gasteiger partial charge in [-0.3, -0.25) is 4.79 Å². The first-order chi connectivity index (χ1) is 9.67. The van der Waals surface area contributed by atoms with E-state index in [1.165, 1.54) is 0 Å². The van der Waals surface area contributed by atoms with Gasteiger partial charge in [-0.15, -0.1) is 0 Å². The lowest BCUT2D eigenvalue weighted by Gasteiger charge is -2.21. The third-order valence-electron chi connectivity index (χ3n) is 2.40. The first-order valence-corrected chi connectivity index (χ1v) is 7.50. The number of hydrogen-bond acceptors (Lipinski definition) is 3. The maximum Gasteiger partial charge on any atom is 0.407 e. The molecule has 0 saturated heterocycles. The van der Waals surface area contributed by atoms with Crippen molar-refractivity contribution in [3.8, 4) is 0 Å². The number of carbonyl (C=O) groups is 2. The normalized spacial score (nSPS) is 12.4. The van der Waals surface area contributed by atoms with Crippen molar-refractivity contribution in [1.82, 2.24) is 5.32 Å². The molecule has 1 rings (SSSR count). The molecule has 0 spiro atoms. The number of amides is 2. The van der Waals surface area contributed by atoms with E-state index in [0.717, 1.165) is 4.47 Å². The molecular weight excluding hydrogens is 336 g/mol. The molecule has 1 atom stereocenters. The van der Waals surface area contributed by atoms with Crippen LogP contribution < -0.4 is 10.6 Å². The molecule has 0 radical (unpaired) electrons. The molecule has 0 fully saturated rings. The molecule has 0 saturated carbocycles. The molecular formula is C15H21BrN2O3. The second kappa shape index (κ2) is 7.45. The first-order valence-electron chi connectivity index (χ1n) is 6.71. The van der Waals surface area contributed by atoms with E-state index in [-0.39, 0.29) is 18.4 Å². The van der Waals surface area contributed by atoms with Crippen LogP contribution in [-0.2, 0) is 9.53 Å². The zero-order valence-corrected chi connectivity index (χ0v) is 14.3. The van der Waals surface area contributed by atoms with Crippen LogP contribution in [0.25, 0.3) is 0 Å². The van der Waals surface area contributed by atoms with Crippen LogP contribution in [-0.4, -0.2) is 23.6 Å². The van der Waals surface area contributed by atoms with Crippen molar-refractivity contribution in [2.24, 2.45) is 0 Å². The molecule has 0 aliphatic carbocycles. The maximum atomic E-state index is 11.9. The molecule has 1 aromatic rings. The molecule has 0 aliphatic rings. The Morgan fingerprint density at radius 1 is 1.29 bits per heavy atom. The molecule has 0 aliphatic heterocycles. The minimum absolute atomic E-state index is 0.167. The summed E-state index contributed by atoms with van der Waals surface area (Å²) in [5.74, 6) is -0.176. The van der Waals surface area contributed by atoms with E-state index in [1.807, 2.05) is 18.2 Å². The Kier molecular flexibility index (Phi) is 6.20. The van der Waals surface area contributed by atoms with E-state index in [9.17, 15) is 9.59 Å². The van der Waals surface area contributed by atoms with Gasteiger partial charge in [-0.05, 0) is 55.8 Å². The summed E-state index contributed by atoms with van der Waals surface area (Å²) < 4.78 is 5.95. The van der Waals surface area contributed by atoms with Crippen LogP contribution in [0.1, 0.15) is 34.1 Å². The van der Waals surface area contributed by atoms with Gasteiger partial charge in [0.15, 0.2) is 0 Å². The fourth-order valence-corrected chi connectivity index (χ4v) is 1.99. The Balaban J connectivity index is 2.44. The van der Waals surface area contributed by atoms with E-state index in [0.29, 0.717) is 5.69 Å². The summed E-state index contributed by atoms with van der Waals surface area (Å²) in [4.78, 5) is 23.5. The molecule has 6 heteroatoms. The highest BCUT2D eigenvalue weighted by atomic mass is 79.9. The number of benzene rings is 1. The van der Waals surface area contributed by atoms with Crippen molar-refractivity contribution in [2.45, 2.75) is 45.8 Å². The summed E-state index contributed by atoms with van der Waals surface area (Å²) in [7, 11) is 0. The van der Waals surface area contributed by atoms with Crippen molar-refractivity contribution in [3.05, 3.63) is 28.7 Å². The van der Waals surface area contributed by atoms with Crippen molar-refractivity contribution in [2.75, 3.05) is 5.32 Å². The van der Waals surface area contributed by atoms with Gasteiger partial charge in [0.05, 0.1) is 5.69 Å². The van der Waals surface area contributed by atoms with Gasteiger partial charge in [0, 0.05) is 16.9 Å². The number of carbonyl (C=O) groups excluding carboxylic acids is 2. The van der Waals surface area contributed by atoms with Crippen LogP contribution in [0.3, 0.4) is 0 Å². The summed E-state index contributed by atoms with van der Waals surface area (Å²) >= 11 is 3.36. The molecule has 5 nitrogen and oxygen atoms in total. The highest BCUT2D eigenvalue weighted by Crippen LogP contribution is 2.21. The number of nitrogens with one attached hydrogen (secondary N) is 2. The average molecular weight is 357 g/mol. The summed E-state index contributed by atoms with van der Waals surface area (Å²) in [6.07, 6.45) is -0.357. The quantitative estimate of drug-likeness (QED) is 0.864. The van der Waals surface area contributed by atoms with Crippen molar-refractivity contribution >= 4 is 33.6 Å². The van der Waals surface area contributed by atoms with Gasteiger partial charge < -0.3 is 15.4 Å².